The average Bonchev–Trinajstić information content (AvgIpc) is 2.96. The number of rotatable bonds is 6. The van der Waals surface area contributed by atoms with Crippen LogP contribution in [0.4, 0.5) is 4.79 Å². The Hall–Kier alpha value is -1.95. The Labute approximate surface area is 152 Å². The van der Waals surface area contributed by atoms with E-state index in [1.165, 1.54) is 23.6 Å². The monoisotopic (exact) mass is 370 g/mol. The first kappa shape index (κ1) is 21.1. The Bertz CT molecular complexity index is 541. The third-order valence-electron chi connectivity index (χ3n) is 3.38. The van der Waals surface area contributed by atoms with E-state index in [4.69, 9.17) is 10.00 Å². The van der Waals surface area contributed by atoms with Crippen LogP contribution in [-0.2, 0) is 14.3 Å². The highest BCUT2D eigenvalue weighted by Gasteiger charge is 2.34. The maximum absolute atomic E-state index is 12.7. The van der Waals surface area contributed by atoms with Crippen molar-refractivity contribution in [1.29, 1.82) is 5.26 Å². The fourth-order valence-electron chi connectivity index (χ4n) is 2.32. The number of nitrogens with zero attached hydrogens (tertiary/aromatic N) is 2. The summed E-state index contributed by atoms with van der Waals surface area (Å²) in [5, 5.41) is 14.4. The molecule has 2 atom stereocenters. The molecule has 1 aliphatic heterocycles. The smallest absolute Gasteiger partial charge is 0.408 e. The molecular formula is C16H26N4O4S. The van der Waals surface area contributed by atoms with Gasteiger partial charge in [-0.15, -0.1) is 11.8 Å². The minimum absolute atomic E-state index is 0.167. The highest BCUT2D eigenvalue weighted by atomic mass is 32.2. The Morgan fingerprint density at radius 1 is 1.40 bits per heavy atom. The molecule has 0 aliphatic carbocycles. The number of amides is 3. The van der Waals surface area contributed by atoms with Crippen molar-refractivity contribution in [2.24, 2.45) is 0 Å². The van der Waals surface area contributed by atoms with Gasteiger partial charge in [0.1, 0.15) is 17.7 Å². The van der Waals surface area contributed by atoms with E-state index < -0.39 is 23.8 Å². The van der Waals surface area contributed by atoms with Gasteiger partial charge in [0.15, 0.2) is 0 Å². The van der Waals surface area contributed by atoms with E-state index in [-0.39, 0.29) is 17.6 Å². The summed E-state index contributed by atoms with van der Waals surface area (Å²) in [6.45, 7) is 7.12. The minimum Gasteiger partial charge on any atom is -0.444 e. The molecular weight excluding hydrogens is 344 g/mol. The molecule has 1 heterocycles. The van der Waals surface area contributed by atoms with Gasteiger partial charge in [-0.2, -0.15) is 5.26 Å². The predicted octanol–water partition coefficient (Wildman–Crippen LogP) is 1.22. The lowest BCUT2D eigenvalue weighted by molar-refractivity contribution is -0.132. The lowest BCUT2D eigenvalue weighted by Crippen LogP contribution is -2.52. The second-order valence-electron chi connectivity index (χ2n) is 6.77. The molecule has 0 unspecified atom stereocenters. The summed E-state index contributed by atoms with van der Waals surface area (Å²) in [6.07, 6.45) is 0.724. The van der Waals surface area contributed by atoms with Gasteiger partial charge in [0.2, 0.25) is 11.8 Å². The molecule has 0 aromatic rings. The first-order chi connectivity index (χ1) is 11.6. The molecule has 2 N–H and O–H groups in total. The van der Waals surface area contributed by atoms with Gasteiger partial charge >= 0.3 is 6.09 Å². The molecule has 0 aromatic heterocycles. The summed E-state index contributed by atoms with van der Waals surface area (Å²) in [6, 6.07) is 0.842. The number of ether oxygens (including phenoxy) is 1. The van der Waals surface area contributed by atoms with Crippen LogP contribution in [0.15, 0.2) is 0 Å². The molecule has 0 bridgehead atoms. The molecule has 8 nitrogen and oxygen atoms in total. The number of likely N-dealkylation sites (tertiary alicyclic amines) is 1. The van der Waals surface area contributed by atoms with Crippen LogP contribution in [0.3, 0.4) is 0 Å². The van der Waals surface area contributed by atoms with E-state index in [0.29, 0.717) is 18.8 Å². The topological polar surface area (TPSA) is 112 Å². The van der Waals surface area contributed by atoms with E-state index in [1.54, 1.807) is 20.8 Å². The van der Waals surface area contributed by atoms with Crippen LogP contribution < -0.4 is 10.6 Å². The largest absolute Gasteiger partial charge is 0.444 e. The van der Waals surface area contributed by atoms with E-state index in [2.05, 4.69) is 16.7 Å². The van der Waals surface area contributed by atoms with Crippen LogP contribution >= 0.6 is 11.8 Å². The van der Waals surface area contributed by atoms with Crippen LogP contribution in [0, 0.1) is 11.3 Å². The fourth-order valence-corrected chi connectivity index (χ4v) is 3.20. The molecule has 1 aliphatic rings. The van der Waals surface area contributed by atoms with Crippen molar-refractivity contribution in [2.45, 2.75) is 58.2 Å². The standard InChI is InChI=1S/C16H26N4O4S/c1-11(21)18-10-25-9-13(19-15(23)24-16(2,3)4)14(22)20-7-5-6-12(20)8-17/h12-13H,5-7,9-10H2,1-4H3,(H,18,21)(H,19,23)/t12-,13-/m0/s1. The van der Waals surface area contributed by atoms with Crippen molar-refractivity contribution in [1.82, 2.24) is 15.5 Å². The maximum Gasteiger partial charge on any atom is 0.408 e. The highest BCUT2D eigenvalue weighted by molar-refractivity contribution is 7.99. The van der Waals surface area contributed by atoms with Crippen LogP contribution in [0.25, 0.3) is 0 Å². The maximum atomic E-state index is 12.7. The van der Waals surface area contributed by atoms with Gasteiger partial charge in [0.05, 0.1) is 11.9 Å². The summed E-state index contributed by atoms with van der Waals surface area (Å²) < 4.78 is 5.21. The lowest BCUT2D eigenvalue weighted by atomic mass is 10.2. The molecule has 0 aromatic carbocycles. The summed E-state index contributed by atoms with van der Waals surface area (Å²) in [7, 11) is 0. The third-order valence-corrected chi connectivity index (χ3v) is 4.30. The molecule has 9 heteroatoms. The zero-order valence-corrected chi connectivity index (χ0v) is 15.9. The van der Waals surface area contributed by atoms with E-state index >= 15 is 0 Å². The Morgan fingerprint density at radius 2 is 2.08 bits per heavy atom. The molecule has 0 spiro atoms. The second-order valence-corrected chi connectivity index (χ2v) is 7.80. The number of hydrogen-bond acceptors (Lipinski definition) is 6. The van der Waals surface area contributed by atoms with Crippen molar-refractivity contribution in [3.05, 3.63) is 0 Å². The quantitative estimate of drug-likeness (QED) is 0.537. The normalized spacial score (nSPS) is 18.2. The molecule has 0 saturated carbocycles. The summed E-state index contributed by atoms with van der Waals surface area (Å²) >= 11 is 1.31. The van der Waals surface area contributed by atoms with Crippen molar-refractivity contribution in [2.75, 3.05) is 18.2 Å². The molecule has 0 radical (unpaired) electrons. The number of alkyl carbamates (subject to hydrolysis) is 1. The van der Waals surface area contributed by atoms with Crippen molar-refractivity contribution < 1.29 is 19.1 Å². The number of thioether (sulfide) groups is 1. The van der Waals surface area contributed by atoms with Crippen LogP contribution in [0.5, 0.6) is 0 Å². The Morgan fingerprint density at radius 3 is 2.64 bits per heavy atom. The first-order valence-corrected chi connectivity index (χ1v) is 9.31. The summed E-state index contributed by atoms with van der Waals surface area (Å²) in [5.74, 6) is 0.133. The number of nitriles is 1. The summed E-state index contributed by atoms with van der Waals surface area (Å²) in [5.41, 5.74) is -0.677. The third kappa shape index (κ3) is 7.65. The van der Waals surface area contributed by atoms with Crippen molar-refractivity contribution >= 4 is 29.7 Å². The van der Waals surface area contributed by atoms with Gasteiger partial charge in [0.25, 0.3) is 0 Å². The molecule has 1 rings (SSSR count). The Kier molecular flexibility index (Phi) is 8.03. The molecule has 25 heavy (non-hydrogen) atoms. The second kappa shape index (κ2) is 9.51. The van der Waals surface area contributed by atoms with Gasteiger partial charge in [-0.1, -0.05) is 0 Å². The van der Waals surface area contributed by atoms with Crippen LogP contribution in [0.2, 0.25) is 0 Å². The van der Waals surface area contributed by atoms with E-state index in [9.17, 15) is 14.4 Å². The number of carbonyl (C=O) groups is 3. The van der Waals surface area contributed by atoms with Crippen molar-refractivity contribution in [3.8, 4) is 6.07 Å². The van der Waals surface area contributed by atoms with Gasteiger partial charge in [-0.3, -0.25) is 9.59 Å². The Balaban J connectivity index is 2.72. The lowest BCUT2D eigenvalue weighted by Gasteiger charge is -2.27. The zero-order valence-electron chi connectivity index (χ0n) is 15.1. The van der Waals surface area contributed by atoms with E-state index in [0.717, 1.165) is 6.42 Å². The van der Waals surface area contributed by atoms with Crippen LogP contribution in [-0.4, -0.2) is 58.7 Å². The average molecular weight is 370 g/mol. The minimum atomic E-state index is -0.817. The number of hydrogen-bond donors (Lipinski definition) is 2. The van der Waals surface area contributed by atoms with Gasteiger partial charge < -0.3 is 20.3 Å². The SMILES string of the molecule is CC(=O)NCSC[C@H](NC(=O)OC(C)(C)C)C(=O)N1CCC[C@H]1C#N. The van der Waals surface area contributed by atoms with Gasteiger partial charge in [0, 0.05) is 19.2 Å². The summed E-state index contributed by atoms with van der Waals surface area (Å²) in [4.78, 5) is 37.2. The zero-order chi connectivity index (χ0) is 19.0. The fraction of sp³-hybridized carbons (Fsp3) is 0.750. The van der Waals surface area contributed by atoms with Gasteiger partial charge in [-0.05, 0) is 33.6 Å². The molecule has 1 fully saturated rings. The van der Waals surface area contributed by atoms with E-state index in [1.807, 2.05) is 0 Å². The number of nitrogens with one attached hydrogen (secondary N) is 2. The highest BCUT2D eigenvalue weighted by Crippen LogP contribution is 2.19. The van der Waals surface area contributed by atoms with Crippen molar-refractivity contribution in [3.63, 3.8) is 0 Å². The first-order valence-electron chi connectivity index (χ1n) is 8.16. The predicted molar refractivity (Wildman–Crippen MR) is 94.6 cm³/mol. The number of carbonyl (C=O) groups excluding carboxylic acids is 3. The van der Waals surface area contributed by atoms with Gasteiger partial charge in [-0.25, -0.2) is 4.79 Å². The molecule has 1 saturated heterocycles. The molecule has 140 valence electrons. The van der Waals surface area contributed by atoms with Crippen LogP contribution in [0.1, 0.15) is 40.5 Å². The molecule has 3 amide bonds.